The van der Waals surface area contributed by atoms with Crippen molar-refractivity contribution in [3.05, 3.63) is 16.6 Å². The highest BCUT2D eigenvalue weighted by atomic mass is 32.2. The lowest BCUT2D eigenvalue weighted by molar-refractivity contribution is 0.519. The van der Waals surface area contributed by atoms with E-state index in [1.165, 1.54) is 0 Å². The fourth-order valence-corrected chi connectivity index (χ4v) is 3.94. The van der Waals surface area contributed by atoms with Gasteiger partial charge in [0.2, 0.25) is 0 Å². The van der Waals surface area contributed by atoms with Crippen LogP contribution >= 0.6 is 11.3 Å². The van der Waals surface area contributed by atoms with Crippen molar-refractivity contribution in [2.75, 3.05) is 13.1 Å². The molecule has 14 heavy (non-hydrogen) atoms. The van der Waals surface area contributed by atoms with Crippen LogP contribution in [0.15, 0.2) is 11.7 Å². The van der Waals surface area contributed by atoms with Crippen molar-refractivity contribution in [3.63, 3.8) is 0 Å². The van der Waals surface area contributed by atoms with Crippen LogP contribution in [0.5, 0.6) is 0 Å². The minimum atomic E-state index is -0.728. The maximum Gasteiger partial charge on any atom is 0.0794 e. The molecule has 78 valence electrons. The summed E-state index contributed by atoms with van der Waals surface area (Å²) in [6.45, 7) is 1.99. The van der Waals surface area contributed by atoms with E-state index in [0.717, 1.165) is 30.8 Å². The molecule has 0 saturated carbocycles. The van der Waals surface area contributed by atoms with E-state index in [4.69, 9.17) is 0 Å². The molecule has 1 fully saturated rings. The van der Waals surface area contributed by atoms with Crippen LogP contribution in [0, 0.1) is 0 Å². The molecule has 1 aliphatic rings. The summed E-state index contributed by atoms with van der Waals surface area (Å²) in [5.74, 6) is 0.678. The topological polar surface area (TPSA) is 42.0 Å². The third kappa shape index (κ3) is 2.62. The average molecular weight is 230 g/mol. The number of rotatable bonds is 3. The lowest BCUT2D eigenvalue weighted by atomic mass is 10.2. The predicted octanol–water partition coefficient (Wildman–Crippen LogP) is 1.14. The molecule has 2 rings (SSSR count). The van der Waals surface area contributed by atoms with Gasteiger partial charge in [0.1, 0.15) is 0 Å². The Kier molecular flexibility index (Phi) is 3.67. The van der Waals surface area contributed by atoms with Crippen LogP contribution in [-0.2, 0) is 16.6 Å². The summed E-state index contributed by atoms with van der Waals surface area (Å²) < 4.78 is 11.9. The van der Waals surface area contributed by atoms with Crippen LogP contribution in [0.3, 0.4) is 0 Å². The van der Waals surface area contributed by atoms with Gasteiger partial charge in [-0.15, -0.1) is 11.3 Å². The Morgan fingerprint density at radius 3 is 3.29 bits per heavy atom. The smallest absolute Gasteiger partial charge is 0.0794 e. The van der Waals surface area contributed by atoms with Crippen molar-refractivity contribution in [1.29, 1.82) is 0 Å². The van der Waals surface area contributed by atoms with Gasteiger partial charge in [0, 0.05) is 33.7 Å². The third-order valence-corrected chi connectivity index (χ3v) is 5.10. The maximum atomic E-state index is 11.9. The largest absolute Gasteiger partial charge is 0.316 e. The molecule has 1 aromatic heterocycles. The average Bonchev–Trinajstić information content (AvgIpc) is 2.72. The lowest BCUT2D eigenvalue weighted by Crippen LogP contribution is -2.36. The number of piperidine rings is 1. The normalized spacial score (nSPS) is 24.7. The Morgan fingerprint density at radius 1 is 1.71 bits per heavy atom. The number of aromatic nitrogens is 1. The molecule has 0 bridgehead atoms. The monoisotopic (exact) mass is 230 g/mol. The first-order chi connectivity index (χ1) is 6.86. The molecule has 1 saturated heterocycles. The molecule has 0 spiro atoms. The number of nitrogens with one attached hydrogen (secondary N) is 1. The summed E-state index contributed by atoms with van der Waals surface area (Å²) >= 11 is 1.59. The molecule has 1 aromatic rings. The number of thiazole rings is 1. The van der Waals surface area contributed by atoms with Crippen molar-refractivity contribution >= 4 is 22.1 Å². The van der Waals surface area contributed by atoms with E-state index >= 15 is 0 Å². The molecule has 1 N–H and O–H groups in total. The number of hydrogen-bond acceptors (Lipinski definition) is 4. The first kappa shape index (κ1) is 10.3. The van der Waals surface area contributed by atoms with Gasteiger partial charge in [0.05, 0.1) is 11.3 Å². The Bertz CT molecular complexity index is 294. The summed E-state index contributed by atoms with van der Waals surface area (Å²) in [5, 5.41) is 3.63. The van der Waals surface area contributed by atoms with E-state index in [9.17, 15) is 4.21 Å². The van der Waals surface area contributed by atoms with Gasteiger partial charge in [0.25, 0.3) is 0 Å². The van der Waals surface area contributed by atoms with Gasteiger partial charge in [-0.1, -0.05) is 0 Å². The number of nitrogens with zero attached hydrogens (tertiary/aromatic N) is 1. The highest BCUT2D eigenvalue weighted by Gasteiger charge is 2.19. The molecule has 2 heterocycles. The molecule has 1 aliphatic heterocycles. The van der Waals surface area contributed by atoms with E-state index in [1.54, 1.807) is 16.8 Å². The minimum Gasteiger partial charge on any atom is -0.316 e. The first-order valence-corrected chi connectivity index (χ1v) is 7.07. The minimum absolute atomic E-state index is 0.339. The van der Waals surface area contributed by atoms with Gasteiger partial charge in [-0.3, -0.25) is 9.19 Å². The molecule has 3 nitrogen and oxygen atoms in total. The van der Waals surface area contributed by atoms with Gasteiger partial charge in [-0.25, -0.2) is 0 Å². The Hall–Kier alpha value is -0.260. The maximum absolute atomic E-state index is 11.9. The van der Waals surface area contributed by atoms with Crippen molar-refractivity contribution in [2.24, 2.45) is 0 Å². The predicted molar refractivity (Wildman–Crippen MR) is 59.9 cm³/mol. The summed E-state index contributed by atoms with van der Waals surface area (Å²) in [6.07, 6.45) is 4.07. The van der Waals surface area contributed by atoms with Gasteiger partial charge in [-0.05, 0) is 19.4 Å². The Balaban J connectivity index is 1.88. The quantitative estimate of drug-likeness (QED) is 0.847. The zero-order valence-electron chi connectivity index (χ0n) is 7.94. The molecule has 0 aromatic carbocycles. The van der Waals surface area contributed by atoms with Crippen molar-refractivity contribution < 1.29 is 4.21 Å². The fourth-order valence-electron chi connectivity index (χ4n) is 1.62. The van der Waals surface area contributed by atoms with Crippen LogP contribution in [0.1, 0.15) is 17.7 Å². The Labute approximate surface area is 90.4 Å². The SMILES string of the molecule is O=[S@](Cc1cncs1)[C@@H]1CCCNC1. The van der Waals surface area contributed by atoms with E-state index < -0.39 is 10.8 Å². The van der Waals surface area contributed by atoms with E-state index in [-0.39, 0.29) is 0 Å². The highest BCUT2D eigenvalue weighted by Crippen LogP contribution is 2.15. The fraction of sp³-hybridized carbons (Fsp3) is 0.667. The van der Waals surface area contributed by atoms with Gasteiger partial charge < -0.3 is 5.32 Å². The third-order valence-electron chi connectivity index (χ3n) is 2.39. The first-order valence-electron chi connectivity index (χ1n) is 4.81. The van der Waals surface area contributed by atoms with Crippen molar-refractivity contribution in [1.82, 2.24) is 10.3 Å². The Morgan fingerprint density at radius 2 is 2.64 bits per heavy atom. The summed E-state index contributed by atoms with van der Waals surface area (Å²) in [7, 11) is -0.728. The standard InChI is InChI=1S/C9H14N2OS2/c12-14(6-8-4-11-7-13-8)9-2-1-3-10-5-9/h4,7,9-10H,1-3,5-6H2/t9-,14-/m1/s1. The zero-order valence-corrected chi connectivity index (χ0v) is 9.57. The molecule has 5 heteroatoms. The second-order valence-electron chi connectivity index (χ2n) is 3.46. The van der Waals surface area contributed by atoms with Gasteiger partial charge in [0.15, 0.2) is 0 Å². The summed E-state index contributed by atoms with van der Waals surface area (Å²) in [4.78, 5) is 5.12. The summed E-state index contributed by atoms with van der Waals surface area (Å²) in [5.41, 5.74) is 1.80. The molecular formula is C9H14N2OS2. The summed E-state index contributed by atoms with van der Waals surface area (Å²) in [6, 6.07) is 0. The van der Waals surface area contributed by atoms with E-state index in [1.807, 2.05) is 6.20 Å². The second kappa shape index (κ2) is 5.00. The van der Waals surface area contributed by atoms with Crippen LogP contribution < -0.4 is 5.32 Å². The molecule has 0 radical (unpaired) electrons. The molecule has 0 unspecified atom stereocenters. The van der Waals surface area contributed by atoms with Crippen LogP contribution in [0.4, 0.5) is 0 Å². The second-order valence-corrected chi connectivity index (χ2v) is 6.15. The van der Waals surface area contributed by atoms with Crippen LogP contribution in [0.25, 0.3) is 0 Å². The molecular weight excluding hydrogens is 216 g/mol. The highest BCUT2D eigenvalue weighted by molar-refractivity contribution is 7.85. The van der Waals surface area contributed by atoms with E-state index in [2.05, 4.69) is 10.3 Å². The van der Waals surface area contributed by atoms with Crippen molar-refractivity contribution in [3.8, 4) is 0 Å². The lowest BCUT2D eigenvalue weighted by Gasteiger charge is -2.21. The molecule has 2 atom stereocenters. The van der Waals surface area contributed by atoms with Gasteiger partial charge >= 0.3 is 0 Å². The van der Waals surface area contributed by atoms with E-state index in [0.29, 0.717) is 11.0 Å². The van der Waals surface area contributed by atoms with Gasteiger partial charge in [-0.2, -0.15) is 0 Å². The molecule has 0 amide bonds. The number of hydrogen-bond donors (Lipinski definition) is 1. The van der Waals surface area contributed by atoms with Crippen LogP contribution in [0.2, 0.25) is 0 Å². The van der Waals surface area contributed by atoms with Crippen molar-refractivity contribution in [2.45, 2.75) is 23.8 Å². The van der Waals surface area contributed by atoms with Crippen LogP contribution in [-0.4, -0.2) is 27.5 Å². The molecule has 0 aliphatic carbocycles. The zero-order chi connectivity index (χ0) is 9.80.